The second-order valence-electron chi connectivity index (χ2n) is 4.48. The van der Waals surface area contributed by atoms with E-state index in [1.165, 1.54) is 11.8 Å². The number of H-pyrrole nitrogens is 1. The molecule has 5 nitrogen and oxygen atoms in total. The zero-order valence-corrected chi connectivity index (χ0v) is 12.6. The number of hydrogen-bond acceptors (Lipinski definition) is 4. The Morgan fingerprint density at radius 3 is 2.85 bits per heavy atom. The molecule has 1 aromatic carbocycles. The highest BCUT2D eigenvalue weighted by Crippen LogP contribution is 2.21. The van der Waals surface area contributed by atoms with E-state index < -0.39 is 0 Å². The number of aromatic amines is 1. The highest BCUT2D eigenvalue weighted by Gasteiger charge is 2.17. The molecule has 0 radical (unpaired) electrons. The summed E-state index contributed by atoms with van der Waals surface area (Å²) in [5.41, 5.74) is 1.89. The van der Waals surface area contributed by atoms with Crippen LogP contribution in [0.4, 0.5) is 5.69 Å². The van der Waals surface area contributed by atoms with Gasteiger partial charge in [0.1, 0.15) is 5.82 Å². The van der Waals surface area contributed by atoms with Gasteiger partial charge in [0, 0.05) is 12.1 Å². The Bertz CT molecular complexity index is 596. The summed E-state index contributed by atoms with van der Waals surface area (Å²) < 4.78 is 0. The number of carbonyl (C=O) groups is 1. The second kappa shape index (κ2) is 6.56. The van der Waals surface area contributed by atoms with Crippen molar-refractivity contribution in [1.82, 2.24) is 15.2 Å². The Morgan fingerprint density at radius 1 is 1.45 bits per heavy atom. The van der Waals surface area contributed by atoms with Crippen LogP contribution in [-0.2, 0) is 11.2 Å². The number of nitrogens with one attached hydrogen (secondary N) is 2. The molecule has 2 N–H and O–H groups in total. The van der Waals surface area contributed by atoms with Gasteiger partial charge in [-0.2, -0.15) is 0 Å². The third-order valence-corrected chi connectivity index (χ3v) is 3.86. The number of aryl methyl sites for hydroxylation is 2. The largest absolute Gasteiger partial charge is 0.325 e. The van der Waals surface area contributed by atoms with Crippen LogP contribution >= 0.6 is 11.8 Å². The van der Waals surface area contributed by atoms with Crippen LogP contribution in [0.25, 0.3) is 0 Å². The fourth-order valence-electron chi connectivity index (χ4n) is 1.65. The third kappa shape index (κ3) is 3.60. The van der Waals surface area contributed by atoms with E-state index in [9.17, 15) is 4.79 Å². The monoisotopic (exact) mass is 290 g/mol. The Kier molecular flexibility index (Phi) is 4.79. The third-order valence-electron chi connectivity index (χ3n) is 2.90. The fraction of sp³-hybridized carbons (Fsp3) is 0.357. The van der Waals surface area contributed by atoms with Gasteiger partial charge in [-0.3, -0.25) is 9.89 Å². The Balaban J connectivity index is 1.97. The molecule has 1 unspecified atom stereocenters. The molecule has 0 spiro atoms. The molecule has 20 heavy (non-hydrogen) atoms. The normalized spacial score (nSPS) is 12.2. The molecule has 0 aliphatic carbocycles. The summed E-state index contributed by atoms with van der Waals surface area (Å²) in [6, 6.07) is 7.72. The average molecular weight is 290 g/mol. The maximum Gasteiger partial charge on any atom is 0.237 e. The van der Waals surface area contributed by atoms with Gasteiger partial charge in [0.15, 0.2) is 0 Å². The molecular weight excluding hydrogens is 272 g/mol. The topological polar surface area (TPSA) is 70.7 Å². The summed E-state index contributed by atoms with van der Waals surface area (Å²) in [6.45, 7) is 5.82. The SMILES string of the molecule is CCc1nc(SC(C)C(=O)Nc2ccccc2C)n[nH]1. The lowest BCUT2D eigenvalue weighted by Crippen LogP contribution is -2.22. The van der Waals surface area contributed by atoms with E-state index in [1.54, 1.807) is 0 Å². The van der Waals surface area contributed by atoms with Crippen LogP contribution in [0.15, 0.2) is 29.4 Å². The maximum atomic E-state index is 12.1. The van der Waals surface area contributed by atoms with Crippen molar-refractivity contribution in [1.29, 1.82) is 0 Å². The van der Waals surface area contributed by atoms with Crippen molar-refractivity contribution in [2.45, 2.75) is 37.6 Å². The minimum absolute atomic E-state index is 0.0489. The lowest BCUT2D eigenvalue weighted by atomic mass is 10.2. The summed E-state index contributed by atoms with van der Waals surface area (Å²) in [6.07, 6.45) is 0.803. The lowest BCUT2D eigenvalue weighted by molar-refractivity contribution is -0.115. The number of nitrogens with zero attached hydrogens (tertiary/aromatic N) is 2. The standard InChI is InChI=1S/C14H18N4OS/c1-4-12-16-14(18-17-12)20-10(3)13(19)15-11-8-6-5-7-9(11)2/h5-8,10H,4H2,1-3H3,(H,15,19)(H,16,17,18). The van der Waals surface area contributed by atoms with Gasteiger partial charge < -0.3 is 5.32 Å². The Morgan fingerprint density at radius 2 is 2.20 bits per heavy atom. The van der Waals surface area contributed by atoms with Crippen LogP contribution in [-0.4, -0.2) is 26.3 Å². The van der Waals surface area contributed by atoms with E-state index in [4.69, 9.17) is 0 Å². The van der Waals surface area contributed by atoms with Crippen molar-refractivity contribution in [2.24, 2.45) is 0 Å². The van der Waals surface area contributed by atoms with Gasteiger partial charge >= 0.3 is 0 Å². The van der Waals surface area contributed by atoms with E-state index in [1.807, 2.05) is 45.0 Å². The number of amides is 1. The number of anilines is 1. The average Bonchev–Trinajstić information content (AvgIpc) is 2.89. The van der Waals surface area contributed by atoms with E-state index in [2.05, 4.69) is 20.5 Å². The van der Waals surface area contributed by atoms with Crippen LogP contribution in [0.1, 0.15) is 25.2 Å². The van der Waals surface area contributed by atoms with Gasteiger partial charge in [-0.25, -0.2) is 4.98 Å². The second-order valence-corrected chi connectivity index (χ2v) is 5.79. The quantitative estimate of drug-likeness (QED) is 0.831. The molecule has 0 saturated heterocycles. The fourth-order valence-corrected chi connectivity index (χ4v) is 2.39. The molecule has 1 atom stereocenters. The summed E-state index contributed by atoms with van der Waals surface area (Å²) in [7, 11) is 0. The number of hydrogen-bond donors (Lipinski definition) is 2. The molecule has 0 bridgehead atoms. The molecule has 1 heterocycles. The highest BCUT2D eigenvalue weighted by molar-refractivity contribution is 8.00. The van der Waals surface area contributed by atoms with E-state index in [0.717, 1.165) is 23.5 Å². The van der Waals surface area contributed by atoms with Crippen molar-refractivity contribution in [2.75, 3.05) is 5.32 Å². The number of carbonyl (C=O) groups excluding carboxylic acids is 1. The molecule has 6 heteroatoms. The molecule has 0 aliphatic rings. The highest BCUT2D eigenvalue weighted by atomic mass is 32.2. The van der Waals surface area contributed by atoms with Crippen LogP contribution in [0.5, 0.6) is 0 Å². The van der Waals surface area contributed by atoms with E-state index in [-0.39, 0.29) is 11.2 Å². The van der Waals surface area contributed by atoms with Crippen molar-refractivity contribution in [3.05, 3.63) is 35.7 Å². The molecular formula is C14H18N4OS. The number of benzene rings is 1. The number of para-hydroxylation sites is 1. The van der Waals surface area contributed by atoms with Gasteiger partial charge in [0.2, 0.25) is 11.1 Å². The van der Waals surface area contributed by atoms with Crippen LogP contribution < -0.4 is 5.32 Å². The molecule has 0 fully saturated rings. The first-order chi connectivity index (χ1) is 9.60. The molecule has 1 aromatic heterocycles. The van der Waals surface area contributed by atoms with Gasteiger partial charge in [0.05, 0.1) is 5.25 Å². The van der Waals surface area contributed by atoms with Gasteiger partial charge in [0.25, 0.3) is 0 Å². The Hall–Kier alpha value is -1.82. The van der Waals surface area contributed by atoms with Gasteiger partial charge in [-0.05, 0) is 25.5 Å². The predicted molar refractivity (Wildman–Crippen MR) is 80.9 cm³/mol. The van der Waals surface area contributed by atoms with Gasteiger partial charge in [-0.15, -0.1) is 5.10 Å². The maximum absolute atomic E-state index is 12.1. The van der Waals surface area contributed by atoms with Crippen molar-refractivity contribution >= 4 is 23.4 Å². The lowest BCUT2D eigenvalue weighted by Gasteiger charge is -2.11. The summed E-state index contributed by atoms with van der Waals surface area (Å²) >= 11 is 1.35. The van der Waals surface area contributed by atoms with Crippen LogP contribution in [0.3, 0.4) is 0 Å². The van der Waals surface area contributed by atoms with Gasteiger partial charge in [-0.1, -0.05) is 36.9 Å². The van der Waals surface area contributed by atoms with Crippen LogP contribution in [0.2, 0.25) is 0 Å². The molecule has 2 rings (SSSR count). The number of aromatic nitrogens is 3. The van der Waals surface area contributed by atoms with E-state index in [0.29, 0.717) is 5.16 Å². The molecule has 106 valence electrons. The first-order valence-electron chi connectivity index (χ1n) is 6.54. The Labute approximate surface area is 122 Å². The minimum atomic E-state index is -0.255. The van der Waals surface area contributed by atoms with E-state index >= 15 is 0 Å². The van der Waals surface area contributed by atoms with Crippen molar-refractivity contribution in [3.8, 4) is 0 Å². The minimum Gasteiger partial charge on any atom is -0.325 e. The zero-order valence-electron chi connectivity index (χ0n) is 11.8. The number of rotatable bonds is 5. The van der Waals surface area contributed by atoms with Crippen LogP contribution in [0, 0.1) is 6.92 Å². The summed E-state index contributed by atoms with van der Waals surface area (Å²) in [5.74, 6) is 0.783. The first kappa shape index (κ1) is 14.6. The predicted octanol–water partition coefficient (Wildman–Crippen LogP) is 2.79. The summed E-state index contributed by atoms with van der Waals surface area (Å²) in [5, 5.41) is 10.2. The van der Waals surface area contributed by atoms with Crippen molar-refractivity contribution in [3.63, 3.8) is 0 Å². The smallest absolute Gasteiger partial charge is 0.237 e. The number of thioether (sulfide) groups is 1. The molecule has 0 aliphatic heterocycles. The summed E-state index contributed by atoms with van der Waals surface area (Å²) in [4.78, 5) is 16.4. The molecule has 2 aromatic rings. The zero-order chi connectivity index (χ0) is 14.5. The van der Waals surface area contributed by atoms with Crippen molar-refractivity contribution < 1.29 is 4.79 Å². The molecule has 1 amide bonds. The first-order valence-corrected chi connectivity index (χ1v) is 7.42. The molecule has 0 saturated carbocycles.